The van der Waals surface area contributed by atoms with Gasteiger partial charge in [0.2, 0.25) is 5.91 Å². The van der Waals surface area contributed by atoms with Crippen molar-refractivity contribution in [2.75, 3.05) is 33.4 Å². The SMILES string of the molecule is COCCOC1CCN(C(=O)C2(c3ccccc3)CC23CCCC3)CC1. The number of ether oxygens (including phenoxy) is 2. The zero-order valence-corrected chi connectivity index (χ0v) is 15.9. The van der Waals surface area contributed by atoms with Gasteiger partial charge in [0, 0.05) is 20.2 Å². The monoisotopic (exact) mass is 357 g/mol. The molecule has 0 aromatic heterocycles. The van der Waals surface area contributed by atoms with Gasteiger partial charge in [0.15, 0.2) is 0 Å². The van der Waals surface area contributed by atoms with E-state index >= 15 is 0 Å². The largest absolute Gasteiger partial charge is 0.382 e. The second-order valence-electron chi connectivity index (χ2n) is 8.29. The summed E-state index contributed by atoms with van der Waals surface area (Å²) in [7, 11) is 1.70. The standard InChI is InChI=1S/C22H31NO3/c1-25-15-16-26-19-9-13-23(14-10-19)20(24)22(18-7-3-2-4-8-18)17-21(22)11-5-6-12-21/h2-4,7-8,19H,5-6,9-17H2,1H3. The molecule has 0 N–H and O–H groups in total. The van der Waals surface area contributed by atoms with Crippen LogP contribution in [0.1, 0.15) is 50.5 Å². The molecule has 1 heterocycles. The van der Waals surface area contributed by atoms with Gasteiger partial charge in [0.25, 0.3) is 0 Å². The van der Waals surface area contributed by atoms with Gasteiger partial charge in [-0.3, -0.25) is 4.79 Å². The van der Waals surface area contributed by atoms with E-state index in [4.69, 9.17) is 9.47 Å². The second kappa shape index (κ2) is 7.32. The molecule has 3 aliphatic rings. The third-order valence-corrected chi connectivity index (χ3v) is 6.95. The fourth-order valence-corrected chi connectivity index (χ4v) is 5.47. The molecular weight excluding hydrogens is 326 g/mol. The molecule has 2 saturated carbocycles. The molecule has 1 atom stereocenters. The summed E-state index contributed by atoms with van der Waals surface area (Å²) in [6, 6.07) is 10.6. The minimum absolute atomic E-state index is 0.233. The summed E-state index contributed by atoms with van der Waals surface area (Å²) in [5.74, 6) is 0.376. The Kier molecular flexibility index (Phi) is 5.07. The molecule has 26 heavy (non-hydrogen) atoms. The Hall–Kier alpha value is -1.39. The Balaban J connectivity index is 1.46. The number of benzene rings is 1. The van der Waals surface area contributed by atoms with Gasteiger partial charge < -0.3 is 14.4 Å². The van der Waals surface area contributed by atoms with E-state index in [0.717, 1.165) is 32.4 Å². The lowest BCUT2D eigenvalue weighted by atomic mass is 9.83. The van der Waals surface area contributed by atoms with Crippen LogP contribution in [-0.4, -0.2) is 50.3 Å². The average molecular weight is 357 g/mol. The van der Waals surface area contributed by atoms with Crippen LogP contribution in [-0.2, 0) is 19.7 Å². The maximum atomic E-state index is 13.7. The number of rotatable bonds is 6. The number of hydrogen-bond donors (Lipinski definition) is 0. The molecule has 4 rings (SSSR count). The summed E-state index contributed by atoms with van der Waals surface area (Å²) in [5, 5.41) is 0. The molecule has 0 bridgehead atoms. The summed E-state index contributed by atoms with van der Waals surface area (Å²) >= 11 is 0. The van der Waals surface area contributed by atoms with E-state index in [0.29, 0.717) is 19.1 Å². The van der Waals surface area contributed by atoms with Crippen LogP contribution >= 0.6 is 0 Å². The summed E-state index contributed by atoms with van der Waals surface area (Å²) in [4.78, 5) is 15.8. The quantitative estimate of drug-likeness (QED) is 0.731. The highest BCUT2D eigenvalue weighted by molar-refractivity contribution is 5.93. The van der Waals surface area contributed by atoms with Gasteiger partial charge in [0.05, 0.1) is 24.7 Å². The second-order valence-corrected chi connectivity index (χ2v) is 8.29. The minimum Gasteiger partial charge on any atom is -0.382 e. The fourth-order valence-electron chi connectivity index (χ4n) is 5.47. The summed E-state index contributed by atoms with van der Waals surface area (Å²) in [5.41, 5.74) is 1.22. The van der Waals surface area contributed by atoms with Gasteiger partial charge in [-0.25, -0.2) is 0 Å². The first-order chi connectivity index (χ1) is 12.7. The predicted octanol–water partition coefficient (Wildman–Crippen LogP) is 3.54. The highest BCUT2D eigenvalue weighted by Crippen LogP contribution is 2.72. The third-order valence-electron chi connectivity index (χ3n) is 6.95. The molecule has 1 unspecified atom stereocenters. The first-order valence-electron chi connectivity index (χ1n) is 10.2. The van der Waals surface area contributed by atoms with Crippen LogP contribution in [0.15, 0.2) is 30.3 Å². The van der Waals surface area contributed by atoms with E-state index in [1.807, 2.05) is 6.07 Å². The number of carbonyl (C=O) groups excluding carboxylic acids is 1. The van der Waals surface area contributed by atoms with Crippen LogP contribution < -0.4 is 0 Å². The summed E-state index contributed by atoms with van der Waals surface area (Å²) in [6.45, 7) is 2.92. The van der Waals surface area contributed by atoms with E-state index in [1.165, 1.54) is 31.2 Å². The Labute approximate surface area is 156 Å². The molecule has 0 radical (unpaired) electrons. The first-order valence-corrected chi connectivity index (χ1v) is 10.2. The maximum absolute atomic E-state index is 13.7. The van der Waals surface area contributed by atoms with Crippen molar-refractivity contribution in [3.8, 4) is 0 Å². The van der Waals surface area contributed by atoms with Crippen LogP contribution in [0.2, 0.25) is 0 Å². The number of amides is 1. The van der Waals surface area contributed by atoms with E-state index in [9.17, 15) is 4.79 Å². The Bertz CT molecular complexity index is 618. The number of hydrogen-bond acceptors (Lipinski definition) is 3. The fraction of sp³-hybridized carbons (Fsp3) is 0.682. The number of piperidine rings is 1. The number of likely N-dealkylation sites (tertiary alicyclic amines) is 1. The van der Waals surface area contributed by atoms with Gasteiger partial charge in [-0.15, -0.1) is 0 Å². The maximum Gasteiger partial charge on any atom is 0.233 e. The lowest BCUT2D eigenvalue weighted by Crippen LogP contribution is -2.47. The molecule has 1 aromatic carbocycles. The Morgan fingerprint density at radius 3 is 2.46 bits per heavy atom. The van der Waals surface area contributed by atoms with E-state index in [-0.39, 0.29) is 16.9 Å². The van der Waals surface area contributed by atoms with Crippen molar-refractivity contribution in [2.45, 2.75) is 56.5 Å². The van der Waals surface area contributed by atoms with Crippen LogP contribution in [0.3, 0.4) is 0 Å². The molecular formula is C22H31NO3. The van der Waals surface area contributed by atoms with Gasteiger partial charge in [-0.1, -0.05) is 43.2 Å². The number of carbonyl (C=O) groups is 1. The lowest BCUT2D eigenvalue weighted by Gasteiger charge is -2.36. The zero-order chi connectivity index (χ0) is 18.0. The van der Waals surface area contributed by atoms with Gasteiger partial charge in [0.1, 0.15) is 0 Å². The third kappa shape index (κ3) is 2.97. The zero-order valence-electron chi connectivity index (χ0n) is 15.9. The topological polar surface area (TPSA) is 38.8 Å². The number of methoxy groups -OCH3 is 1. The Morgan fingerprint density at radius 2 is 1.81 bits per heavy atom. The highest BCUT2D eigenvalue weighted by atomic mass is 16.5. The molecule has 1 spiro atoms. The molecule has 142 valence electrons. The van der Waals surface area contributed by atoms with Crippen LogP contribution in [0.4, 0.5) is 0 Å². The Morgan fingerprint density at radius 1 is 1.12 bits per heavy atom. The molecule has 4 heteroatoms. The summed E-state index contributed by atoms with van der Waals surface area (Å²) in [6.07, 6.45) is 8.16. The van der Waals surface area contributed by atoms with Crippen molar-refractivity contribution in [2.24, 2.45) is 5.41 Å². The van der Waals surface area contributed by atoms with E-state index in [2.05, 4.69) is 29.2 Å². The number of nitrogens with zero attached hydrogens (tertiary/aromatic N) is 1. The average Bonchev–Trinajstić information content (AvgIpc) is 3.09. The molecule has 2 aliphatic carbocycles. The normalized spacial score (nSPS) is 27.8. The van der Waals surface area contributed by atoms with Crippen molar-refractivity contribution in [3.63, 3.8) is 0 Å². The molecule has 1 aromatic rings. The van der Waals surface area contributed by atoms with Crippen molar-refractivity contribution in [3.05, 3.63) is 35.9 Å². The van der Waals surface area contributed by atoms with Crippen molar-refractivity contribution >= 4 is 5.91 Å². The molecule has 1 saturated heterocycles. The van der Waals surface area contributed by atoms with E-state index in [1.54, 1.807) is 7.11 Å². The smallest absolute Gasteiger partial charge is 0.233 e. The van der Waals surface area contributed by atoms with Crippen LogP contribution in [0.25, 0.3) is 0 Å². The first kappa shape index (κ1) is 18.0. The molecule has 1 aliphatic heterocycles. The minimum atomic E-state index is -0.255. The van der Waals surface area contributed by atoms with Crippen molar-refractivity contribution in [1.29, 1.82) is 0 Å². The molecule has 3 fully saturated rings. The summed E-state index contributed by atoms with van der Waals surface area (Å²) < 4.78 is 10.9. The lowest BCUT2D eigenvalue weighted by molar-refractivity contribution is -0.138. The van der Waals surface area contributed by atoms with Crippen LogP contribution in [0, 0.1) is 5.41 Å². The van der Waals surface area contributed by atoms with Gasteiger partial charge in [-0.2, -0.15) is 0 Å². The molecule has 4 nitrogen and oxygen atoms in total. The predicted molar refractivity (Wildman–Crippen MR) is 101 cm³/mol. The van der Waals surface area contributed by atoms with Crippen molar-refractivity contribution < 1.29 is 14.3 Å². The van der Waals surface area contributed by atoms with Crippen molar-refractivity contribution in [1.82, 2.24) is 4.90 Å². The van der Waals surface area contributed by atoms with E-state index < -0.39 is 0 Å². The van der Waals surface area contributed by atoms with Gasteiger partial charge in [-0.05, 0) is 43.1 Å². The van der Waals surface area contributed by atoms with Gasteiger partial charge >= 0.3 is 0 Å². The molecule has 1 amide bonds. The van der Waals surface area contributed by atoms with Crippen LogP contribution in [0.5, 0.6) is 0 Å². The highest BCUT2D eigenvalue weighted by Gasteiger charge is 2.73.